The molecule has 0 amide bonds. The molecule has 1 heterocycles. The topological polar surface area (TPSA) is 44.5 Å². The van der Waals surface area contributed by atoms with Crippen molar-refractivity contribution >= 4 is 0 Å². The van der Waals surface area contributed by atoms with Gasteiger partial charge in [0, 0.05) is 6.61 Å². The lowest BCUT2D eigenvalue weighted by Crippen LogP contribution is -2.31. The van der Waals surface area contributed by atoms with Crippen molar-refractivity contribution in [2.75, 3.05) is 13.7 Å². The van der Waals surface area contributed by atoms with Gasteiger partial charge in [-0.05, 0) is 43.4 Å². The van der Waals surface area contributed by atoms with E-state index in [1.807, 2.05) is 19.1 Å². The molecular formula is C14H21NO2. The summed E-state index contributed by atoms with van der Waals surface area (Å²) in [5.41, 5.74) is 8.52. The standard InChI is InChI=1S/C14H21NO2/c1-10-9-11(6-7-12(10)16-2)14(15)13-5-3-4-8-17-13/h6-7,9,13-14H,3-5,8,15H2,1-2H3. The van der Waals surface area contributed by atoms with Crippen LogP contribution in [0.15, 0.2) is 18.2 Å². The highest BCUT2D eigenvalue weighted by Crippen LogP contribution is 2.27. The Morgan fingerprint density at radius 3 is 2.82 bits per heavy atom. The highest BCUT2D eigenvalue weighted by Gasteiger charge is 2.22. The van der Waals surface area contributed by atoms with Crippen LogP contribution in [0.5, 0.6) is 5.75 Å². The van der Waals surface area contributed by atoms with E-state index in [1.165, 1.54) is 6.42 Å². The molecule has 3 nitrogen and oxygen atoms in total. The fourth-order valence-corrected chi connectivity index (χ4v) is 2.37. The van der Waals surface area contributed by atoms with Gasteiger partial charge in [-0.1, -0.05) is 12.1 Å². The van der Waals surface area contributed by atoms with Crippen molar-refractivity contribution in [1.29, 1.82) is 0 Å². The monoisotopic (exact) mass is 235 g/mol. The molecule has 3 heteroatoms. The molecule has 94 valence electrons. The van der Waals surface area contributed by atoms with Gasteiger partial charge in [-0.3, -0.25) is 0 Å². The van der Waals surface area contributed by atoms with E-state index in [4.69, 9.17) is 15.2 Å². The zero-order chi connectivity index (χ0) is 12.3. The Kier molecular flexibility index (Phi) is 4.02. The maximum absolute atomic E-state index is 6.26. The molecule has 2 unspecified atom stereocenters. The Labute approximate surface area is 103 Å². The third-order valence-electron chi connectivity index (χ3n) is 3.42. The average Bonchev–Trinajstić information content (AvgIpc) is 2.39. The van der Waals surface area contributed by atoms with Crippen molar-refractivity contribution in [3.05, 3.63) is 29.3 Å². The molecule has 17 heavy (non-hydrogen) atoms. The van der Waals surface area contributed by atoms with E-state index in [-0.39, 0.29) is 12.1 Å². The quantitative estimate of drug-likeness (QED) is 0.875. The van der Waals surface area contributed by atoms with Crippen LogP contribution in [-0.4, -0.2) is 19.8 Å². The van der Waals surface area contributed by atoms with Gasteiger partial charge < -0.3 is 15.2 Å². The van der Waals surface area contributed by atoms with Gasteiger partial charge in [-0.25, -0.2) is 0 Å². The molecule has 1 aliphatic heterocycles. The fourth-order valence-electron chi connectivity index (χ4n) is 2.37. The fraction of sp³-hybridized carbons (Fsp3) is 0.571. The molecule has 1 aliphatic rings. The SMILES string of the molecule is COc1ccc(C(N)C2CCCCO2)cc1C. The number of aryl methyl sites for hydroxylation is 1. The molecule has 0 radical (unpaired) electrons. The zero-order valence-electron chi connectivity index (χ0n) is 10.6. The van der Waals surface area contributed by atoms with E-state index in [2.05, 4.69) is 6.07 Å². The van der Waals surface area contributed by atoms with E-state index < -0.39 is 0 Å². The summed E-state index contributed by atoms with van der Waals surface area (Å²) in [6.07, 6.45) is 3.60. The number of nitrogens with two attached hydrogens (primary N) is 1. The van der Waals surface area contributed by atoms with Crippen LogP contribution in [0, 0.1) is 6.92 Å². The van der Waals surface area contributed by atoms with Crippen LogP contribution < -0.4 is 10.5 Å². The number of hydrogen-bond acceptors (Lipinski definition) is 3. The maximum Gasteiger partial charge on any atom is 0.121 e. The van der Waals surface area contributed by atoms with Gasteiger partial charge in [0.2, 0.25) is 0 Å². The number of methoxy groups -OCH3 is 1. The molecule has 1 aromatic rings. The molecule has 1 aromatic carbocycles. The summed E-state index contributed by atoms with van der Waals surface area (Å²) < 4.78 is 11.0. The first-order valence-corrected chi connectivity index (χ1v) is 6.24. The Balaban J connectivity index is 2.12. The van der Waals surface area contributed by atoms with Crippen molar-refractivity contribution in [2.24, 2.45) is 5.73 Å². The van der Waals surface area contributed by atoms with Gasteiger partial charge >= 0.3 is 0 Å². The van der Waals surface area contributed by atoms with Crippen molar-refractivity contribution in [3.8, 4) is 5.75 Å². The first-order chi connectivity index (χ1) is 8.22. The predicted molar refractivity (Wildman–Crippen MR) is 68.3 cm³/mol. The molecule has 0 aromatic heterocycles. The third-order valence-corrected chi connectivity index (χ3v) is 3.42. The molecule has 2 atom stereocenters. The Bertz CT molecular complexity index is 372. The first kappa shape index (κ1) is 12.4. The minimum absolute atomic E-state index is 0.0279. The van der Waals surface area contributed by atoms with E-state index in [9.17, 15) is 0 Å². The van der Waals surface area contributed by atoms with Crippen LogP contribution in [0.3, 0.4) is 0 Å². The van der Waals surface area contributed by atoms with E-state index in [0.717, 1.165) is 36.3 Å². The number of benzene rings is 1. The molecule has 0 aliphatic carbocycles. The molecule has 0 spiro atoms. The normalized spacial score (nSPS) is 22.2. The molecule has 2 rings (SSSR count). The van der Waals surface area contributed by atoms with Gasteiger partial charge in [0.05, 0.1) is 19.3 Å². The first-order valence-electron chi connectivity index (χ1n) is 6.24. The van der Waals surface area contributed by atoms with Crippen LogP contribution in [0.4, 0.5) is 0 Å². The second kappa shape index (κ2) is 5.52. The summed E-state index contributed by atoms with van der Waals surface area (Å²) in [6.45, 7) is 2.88. The smallest absolute Gasteiger partial charge is 0.121 e. The van der Waals surface area contributed by atoms with E-state index in [1.54, 1.807) is 7.11 Å². The van der Waals surface area contributed by atoms with Crippen LogP contribution in [-0.2, 0) is 4.74 Å². The van der Waals surface area contributed by atoms with Crippen LogP contribution in [0.1, 0.15) is 36.4 Å². The summed E-state index contributed by atoms with van der Waals surface area (Å²) >= 11 is 0. The lowest BCUT2D eigenvalue weighted by atomic mass is 9.95. The summed E-state index contributed by atoms with van der Waals surface area (Å²) in [7, 11) is 1.69. The van der Waals surface area contributed by atoms with Gasteiger partial charge in [0.15, 0.2) is 0 Å². The van der Waals surface area contributed by atoms with Gasteiger partial charge in [0.25, 0.3) is 0 Å². The Morgan fingerprint density at radius 1 is 1.41 bits per heavy atom. The number of ether oxygens (including phenoxy) is 2. The Morgan fingerprint density at radius 2 is 2.24 bits per heavy atom. The van der Waals surface area contributed by atoms with Crippen LogP contribution >= 0.6 is 0 Å². The summed E-state index contributed by atoms with van der Waals surface area (Å²) in [6, 6.07) is 6.09. The molecular weight excluding hydrogens is 214 g/mol. The second-order valence-electron chi connectivity index (χ2n) is 4.66. The van der Waals surface area contributed by atoms with Crippen molar-refractivity contribution in [3.63, 3.8) is 0 Å². The van der Waals surface area contributed by atoms with Gasteiger partial charge in [-0.2, -0.15) is 0 Å². The third kappa shape index (κ3) is 2.79. The van der Waals surface area contributed by atoms with Gasteiger partial charge in [0.1, 0.15) is 5.75 Å². The molecule has 2 N–H and O–H groups in total. The van der Waals surface area contributed by atoms with Crippen LogP contribution in [0.2, 0.25) is 0 Å². The van der Waals surface area contributed by atoms with E-state index >= 15 is 0 Å². The van der Waals surface area contributed by atoms with Gasteiger partial charge in [-0.15, -0.1) is 0 Å². The molecule has 1 fully saturated rings. The van der Waals surface area contributed by atoms with Crippen molar-refractivity contribution < 1.29 is 9.47 Å². The predicted octanol–water partition coefficient (Wildman–Crippen LogP) is 2.57. The average molecular weight is 235 g/mol. The van der Waals surface area contributed by atoms with Crippen LogP contribution in [0.25, 0.3) is 0 Å². The highest BCUT2D eigenvalue weighted by molar-refractivity contribution is 5.37. The molecule has 0 bridgehead atoms. The number of hydrogen-bond donors (Lipinski definition) is 1. The second-order valence-corrected chi connectivity index (χ2v) is 4.66. The lowest BCUT2D eigenvalue weighted by Gasteiger charge is -2.28. The summed E-state index contributed by atoms with van der Waals surface area (Å²) in [5.74, 6) is 0.908. The van der Waals surface area contributed by atoms with E-state index in [0.29, 0.717) is 0 Å². The highest BCUT2D eigenvalue weighted by atomic mass is 16.5. The van der Waals surface area contributed by atoms with Crippen molar-refractivity contribution in [2.45, 2.75) is 38.3 Å². The minimum Gasteiger partial charge on any atom is -0.496 e. The Hall–Kier alpha value is -1.06. The zero-order valence-corrected chi connectivity index (χ0v) is 10.6. The number of rotatable bonds is 3. The minimum atomic E-state index is -0.0279. The summed E-state index contributed by atoms with van der Waals surface area (Å²) in [4.78, 5) is 0. The molecule has 1 saturated heterocycles. The van der Waals surface area contributed by atoms with Crippen molar-refractivity contribution in [1.82, 2.24) is 0 Å². The largest absolute Gasteiger partial charge is 0.496 e. The molecule has 0 saturated carbocycles. The summed E-state index contributed by atoms with van der Waals surface area (Å²) in [5, 5.41) is 0. The lowest BCUT2D eigenvalue weighted by molar-refractivity contribution is -0.00000214. The maximum atomic E-state index is 6.26.